The lowest BCUT2D eigenvalue weighted by atomic mass is 10.2. The summed E-state index contributed by atoms with van der Waals surface area (Å²) in [4.78, 5) is 36.5. The van der Waals surface area contributed by atoms with Gasteiger partial charge < -0.3 is 24.5 Å². The summed E-state index contributed by atoms with van der Waals surface area (Å²) in [6.07, 6.45) is 0.401. The highest BCUT2D eigenvalue weighted by Gasteiger charge is 2.19. The van der Waals surface area contributed by atoms with Crippen molar-refractivity contribution in [3.8, 4) is 5.75 Å². The first-order valence-corrected chi connectivity index (χ1v) is 9.07. The Kier molecular flexibility index (Phi) is 6.49. The van der Waals surface area contributed by atoms with Crippen LogP contribution in [-0.2, 0) is 9.53 Å². The first-order valence-electron chi connectivity index (χ1n) is 9.07. The minimum atomic E-state index is -1.00. The van der Waals surface area contributed by atoms with Gasteiger partial charge in [0.2, 0.25) is 0 Å². The Morgan fingerprint density at radius 2 is 1.53 bits per heavy atom. The number of amides is 2. The van der Waals surface area contributed by atoms with Crippen molar-refractivity contribution in [3.63, 3.8) is 0 Å². The smallest absolute Gasteiger partial charge is 0.338 e. The molecule has 8 heteroatoms. The van der Waals surface area contributed by atoms with Gasteiger partial charge in [0.05, 0.1) is 18.9 Å². The number of hydrogen-bond acceptors (Lipinski definition) is 6. The Bertz CT molecular complexity index is 1010. The molecule has 0 saturated heterocycles. The van der Waals surface area contributed by atoms with E-state index in [1.54, 1.807) is 55.6 Å². The highest BCUT2D eigenvalue weighted by Crippen LogP contribution is 2.16. The summed E-state index contributed by atoms with van der Waals surface area (Å²) in [5.41, 5.74) is 1.29. The van der Waals surface area contributed by atoms with Crippen molar-refractivity contribution in [2.24, 2.45) is 0 Å². The van der Waals surface area contributed by atoms with Crippen LogP contribution in [0.3, 0.4) is 0 Å². The average Bonchev–Trinajstić information content (AvgIpc) is 3.30. The molecule has 3 rings (SSSR count). The van der Waals surface area contributed by atoms with E-state index in [1.165, 1.54) is 25.3 Å². The molecule has 2 aromatic carbocycles. The van der Waals surface area contributed by atoms with Gasteiger partial charge in [0, 0.05) is 11.4 Å². The Morgan fingerprint density at radius 1 is 0.900 bits per heavy atom. The molecule has 2 N–H and O–H groups in total. The van der Waals surface area contributed by atoms with Gasteiger partial charge in [-0.15, -0.1) is 0 Å². The zero-order valence-corrected chi connectivity index (χ0v) is 16.4. The molecule has 30 heavy (non-hydrogen) atoms. The molecule has 8 nitrogen and oxygen atoms in total. The molecule has 2 amide bonds. The van der Waals surface area contributed by atoms with E-state index in [0.717, 1.165) is 0 Å². The molecule has 0 aliphatic carbocycles. The van der Waals surface area contributed by atoms with Crippen LogP contribution in [0.25, 0.3) is 0 Å². The van der Waals surface area contributed by atoms with Crippen molar-refractivity contribution in [2.75, 3.05) is 17.7 Å². The standard InChI is InChI=1S/C22H20N2O6/c1-14(20(25)23-17-9-11-18(28-2)12-10-17)30-22(27)15-5-7-16(8-6-15)24-21(26)19-4-3-13-29-19/h3-14H,1-2H3,(H,23,25)(H,24,26)/t14-/m0/s1. The molecule has 0 saturated carbocycles. The first kappa shape index (κ1) is 20.7. The molecule has 0 unspecified atom stereocenters. The van der Waals surface area contributed by atoms with Crippen LogP contribution in [0.1, 0.15) is 27.8 Å². The van der Waals surface area contributed by atoms with Gasteiger partial charge in [0.25, 0.3) is 11.8 Å². The maximum absolute atomic E-state index is 12.3. The van der Waals surface area contributed by atoms with Gasteiger partial charge >= 0.3 is 5.97 Å². The van der Waals surface area contributed by atoms with Crippen LogP contribution in [-0.4, -0.2) is 31.0 Å². The summed E-state index contributed by atoms with van der Waals surface area (Å²) in [7, 11) is 1.55. The normalized spacial score (nSPS) is 11.3. The average molecular weight is 408 g/mol. The van der Waals surface area contributed by atoms with E-state index in [4.69, 9.17) is 13.9 Å². The largest absolute Gasteiger partial charge is 0.497 e. The van der Waals surface area contributed by atoms with Crippen LogP contribution in [0.4, 0.5) is 11.4 Å². The quantitative estimate of drug-likeness (QED) is 0.577. The van der Waals surface area contributed by atoms with E-state index in [2.05, 4.69) is 10.6 Å². The molecule has 0 radical (unpaired) electrons. The lowest BCUT2D eigenvalue weighted by molar-refractivity contribution is -0.123. The summed E-state index contributed by atoms with van der Waals surface area (Å²) in [6.45, 7) is 1.48. The molecule has 1 atom stereocenters. The molecule has 0 fully saturated rings. The molecule has 0 bridgehead atoms. The van der Waals surface area contributed by atoms with E-state index < -0.39 is 23.9 Å². The number of anilines is 2. The number of benzene rings is 2. The minimum Gasteiger partial charge on any atom is -0.497 e. The van der Waals surface area contributed by atoms with Crippen molar-refractivity contribution in [3.05, 3.63) is 78.3 Å². The van der Waals surface area contributed by atoms with Crippen molar-refractivity contribution in [2.45, 2.75) is 13.0 Å². The van der Waals surface area contributed by atoms with Crippen LogP contribution in [0.2, 0.25) is 0 Å². The van der Waals surface area contributed by atoms with Gasteiger partial charge in [0.1, 0.15) is 5.75 Å². The third-order valence-electron chi connectivity index (χ3n) is 4.13. The second-order valence-electron chi connectivity index (χ2n) is 6.27. The molecule has 0 spiro atoms. The topological polar surface area (TPSA) is 107 Å². The molecule has 3 aromatic rings. The van der Waals surface area contributed by atoms with Crippen LogP contribution in [0, 0.1) is 0 Å². The summed E-state index contributed by atoms with van der Waals surface area (Å²) in [6, 6.07) is 16.0. The van der Waals surface area contributed by atoms with Crippen molar-refractivity contribution in [1.82, 2.24) is 0 Å². The Balaban J connectivity index is 1.54. The Labute approximate surface area is 172 Å². The molecular weight excluding hydrogens is 388 g/mol. The molecule has 1 aromatic heterocycles. The van der Waals surface area contributed by atoms with Gasteiger partial charge in [-0.1, -0.05) is 0 Å². The molecular formula is C22H20N2O6. The number of hydrogen-bond donors (Lipinski definition) is 2. The number of carbonyl (C=O) groups excluding carboxylic acids is 3. The van der Waals surface area contributed by atoms with Gasteiger partial charge in [-0.3, -0.25) is 9.59 Å². The maximum Gasteiger partial charge on any atom is 0.338 e. The number of methoxy groups -OCH3 is 1. The second kappa shape index (κ2) is 9.42. The van der Waals surface area contributed by atoms with Crippen molar-refractivity contribution >= 4 is 29.2 Å². The first-order chi connectivity index (χ1) is 14.5. The fraction of sp³-hybridized carbons (Fsp3) is 0.136. The fourth-order valence-corrected chi connectivity index (χ4v) is 2.49. The Morgan fingerprint density at radius 3 is 2.13 bits per heavy atom. The molecule has 0 aliphatic rings. The van der Waals surface area contributed by atoms with Gasteiger partial charge in [-0.05, 0) is 67.6 Å². The number of furan rings is 1. The van der Waals surface area contributed by atoms with Gasteiger partial charge in [-0.2, -0.15) is 0 Å². The highest BCUT2D eigenvalue weighted by atomic mass is 16.5. The summed E-state index contributed by atoms with van der Waals surface area (Å²) >= 11 is 0. The second-order valence-corrected chi connectivity index (χ2v) is 6.27. The fourth-order valence-electron chi connectivity index (χ4n) is 2.49. The molecule has 154 valence electrons. The third kappa shape index (κ3) is 5.26. The summed E-state index contributed by atoms with van der Waals surface area (Å²) in [5.74, 6) is -0.683. The number of rotatable bonds is 7. The lowest BCUT2D eigenvalue weighted by Crippen LogP contribution is -2.30. The van der Waals surface area contributed by atoms with Crippen LogP contribution >= 0.6 is 0 Å². The SMILES string of the molecule is COc1ccc(NC(=O)[C@H](C)OC(=O)c2ccc(NC(=O)c3ccco3)cc2)cc1. The van der Waals surface area contributed by atoms with E-state index in [0.29, 0.717) is 17.1 Å². The highest BCUT2D eigenvalue weighted by molar-refractivity contribution is 6.02. The zero-order valence-electron chi connectivity index (χ0n) is 16.4. The zero-order chi connectivity index (χ0) is 21.5. The van der Waals surface area contributed by atoms with Gasteiger partial charge in [-0.25, -0.2) is 4.79 Å². The third-order valence-corrected chi connectivity index (χ3v) is 4.13. The van der Waals surface area contributed by atoms with Crippen LogP contribution < -0.4 is 15.4 Å². The predicted octanol–water partition coefficient (Wildman–Crippen LogP) is 3.72. The van der Waals surface area contributed by atoms with E-state index >= 15 is 0 Å². The minimum absolute atomic E-state index is 0.176. The van der Waals surface area contributed by atoms with E-state index in [9.17, 15) is 14.4 Å². The lowest BCUT2D eigenvalue weighted by Gasteiger charge is -2.14. The molecule has 1 heterocycles. The monoisotopic (exact) mass is 408 g/mol. The molecule has 0 aliphatic heterocycles. The Hall–Kier alpha value is -4.07. The number of ether oxygens (including phenoxy) is 2. The maximum atomic E-state index is 12.3. The summed E-state index contributed by atoms with van der Waals surface area (Å²) < 4.78 is 15.3. The number of esters is 1. The van der Waals surface area contributed by atoms with Gasteiger partial charge in [0.15, 0.2) is 11.9 Å². The number of nitrogens with one attached hydrogen (secondary N) is 2. The van der Waals surface area contributed by atoms with E-state index in [-0.39, 0.29) is 11.3 Å². The van der Waals surface area contributed by atoms with Crippen molar-refractivity contribution in [1.29, 1.82) is 0 Å². The summed E-state index contributed by atoms with van der Waals surface area (Å²) in [5, 5.41) is 5.31. The van der Waals surface area contributed by atoms with Crippen LogP contribution in [0.15, 0.2) is 71.3 Å². The predicted molar refractivity (Wildman–Crippen MR) is 110 cm³/mol. The van der Waals surface area contributed by atoms with Crippen molar-refractivity contribution < 1.29 is 28.3 Å². The van der Waals surface area contributed by atoms with E-state index in [1.807, 2.05) is 0 Å². The number of carbonyl (C=O) groups is 3. The van der Waals surface area contributed by atoms with Crippen LogP contribution in [0.5, 0.6) is 5.75 Å².